The Kier molecular flexibility index (Phi) is 6.67. The van der Waals surface area contributed by atoms with E-state index in [1.54, 1.807) is 6.07 Å². The van der Waals surface area contributed by atoms with Gasteiger partial charge in [-0.15, -0.1) is 0 Å². The van der Waals surface area contributed by atoms with Crippen molar-refractivity contribution in [1.82, 2.24) is 5.32 Å². The van der Waals surface area contributed by atoms with E-state index < -0.39 is 0 Å². The summed E-state index contributed by atoms with van der Waals surface area (Å²) in [7, 11) is 0. The Balaban J connectivity index is 2.95. The summed E-state index contributed by atoms with van der Waals surface area (Å²) in [6.07, 6.45) is 0. The predicted molar refractivity (Wildman–Crippen MR) is 88.2 cm³/mol. The first-order chi connectivity index (χ1) is 9.23. The smallest absolute Gasteiger partial charge is 0.142 e. The third-order valence-electron chi connectivity index (χ3n) is 2.52. The van der Waals surface area contributed by atoms with Crippen LogP contribution in [0.4, 0.5) is 0 Å². The summed E-state index contributed by atoms with van der Waals surface area (Å²) < 4.78 is 5.76. The van der Waals surface area contributed by atoms with Crippen LogP contribution < -0.4 is 10.1 Å². The van der Waals surface area contributed by atoms with Gasteiger partial charge in [-0.1, -0.05) is 34.8 Å². The van der Waals surface area contributed by atoms with E-state index in [9.17, 15) is 0 Å². The Morgan fingerprint density at radius 3 is 2.50 bits per heavy atom. The molecule has 0 aliphatic rings. The molecule has 2 nitrogen and oxygen atoms in total. The second-order valence-corrected chi connectivity index (χ2v) is 6.79. The highest BCUT2D eigenvalue weighted by Gasteiger charge is 2.14. The van der Waals surface area contributed by atoms with E-state index in [4.69, 9.17) is 39.5 Å². The second kappa shape index (κ2) is 7.56. The minimum absolute atomic E-state index is 0.00196. The topological polar surface area (TPSA) is 21.3 Å². The molecule has 0 radical (unpaired) electrons. The van der Waals surface area contributed by atoms with Gasteiger partial charge in [0.25, 0.3) is 0 Å². The van der Waals surface area contributed by atoms with Crippen molar-refractivity contribution >= 4 is 34.8 Å². The fraction of sp³-hybridized carbons (Fsp3) is 0.467. The van der Waals surface area contributed by atoms with Gasteiger partial charge in [0, 0.05) is 28.2 Å². The molecular weight excluding hydrogens is 317 g/mol. The minimum atomic E-state index is -0.00196. The monoisotopic (exact) mass is 335 g/mol. The molecule has 0 saturated heterocycles. The van der Waals surface area contributed by atoms with Crippen LogP contribution in [0.25, 0.3) is 0 Å². The first kappa shape index (κ1) is 17.6. The van der Waals surface area contributed by atoms with Crippen molar-refractivity contribution < 1.29 is 4.74 Å². The zero-order valence-electron chi connectivity index (χ0n) is 12.2. The zero-order valence-corrected chi connectivity index (χ0v) is 14.5. The van der Waals surface area contributed by atoms with Crippen LogP contribution in [0.1, 0.15) is 33.3 Å². The van der Waals surface area contributed by atoms with E-state index in [-0.39, 0.29) is 5.54 Å². The molecule has 0 fully saturated rings. The van der Waals surface area contributed by atoms with Crippen LogP contribution in [-0.4, -0.2) is 12.1 Å². The first-order valence-electron chi connectivity index (χ1n) is 6.34. The molecule has 0 bridgehead atoms. The molecule has 0 amide bonds. The van der Waals surface area contributed by atoms with Crippen molar-refractivity contribution in [2.45, 2.75) is 39.8 Å². The molecule has 5 heteroatoms. The molecule has 1 rings (SSSR count). The maximum atomic E-state index is 6.22. The second-order valence-electron chi connectivity index (χ2n) is 5.72. The summed E-state index contributed by atoms with van der Waals surface area (Å²) >= 11 is 17.9. The molecule has 1 aromatic rings. The highest BCUT2D eigenvalue weighted by molar-refractivity contribution is 6.35. The van der Waals surface area contributed by atoms with Crippen LogP contribution in [0.5, 0.6) is 5.75 Å². The molecule has 0 aliphatic heterocycles. The van der Waals surface area contributed by atoms with Gasteiger partial charge in [0.15, 0.2) is 0 Å². The third kappa shape index (κ3) is 5.92. The summed E-state index contributed by atoms with van der Waals surface area (Å²) in [5.74, 6) is 0.644. The Labute approximate surface area is 136 Å². The summed E-state index contributed by atoms with van der Waals surface area (Å²) in [4.78, 5) is 0. The number of ether oxygens (including phenoxy) is 1. The summed E-state index contributed by atoms with van der Waals surface area (Å²) in [6.45, 7) is 9.21. The third-order valence-corrected chi connectivity index (χ3v) is 3.40. The number of nitrogens with one attached hydrogen (secondary N) is 1. The molecular formula is C15H20Cl3NO. The molecule has 0 atom stereocenters. The van der Waals surface area contributed by atoms with Crippen molar-refractivity contribution in [2.75, 3.05) is 6.61 Å². The van der Waals surface area contributed by atoms with Gasteiger partial charge in [-0.2, -0.15) is 0 Å². The van der Waals surface area contributed by atoms with Crippen LogP contribution in [0, 0.1) is 0 Å². The fourth-order valence-electron chi connectivity index (χ4n) is 1.48. The van der Waals surface area contributed by atoms with E-state index in [1.807, 2.05) is 13.0 Å². The van der Waals surface area contributed by atoms with E-state index in [0.717, 1.165) is 11.1 Å². The lowest BCUT2D eigenvalue weighted by Gasteiger charge is -2.22. The number of hydrogen-bond donors (Lipinski definition) is 1. The Hall–Kier alpha value is -0.410. The van der Waals surface area contributed by atoms with Crippen molar-refractivity contribution in [3.8, 4) is 5.75 Å². The van der Waals surface area contributed by atoms with Gasteiger partial charge in [-0.05, 0) is 45.4 Å². The average Bonchev–Trinajstić information content (AvgIpc) is 2.33. The lowest BCUT2D eigenvalue weighted by Crippen LogP contribution is -2.35. The number of hydrogen-bond acceptors (Lipinski definition) is 2. The predicted octanol–water partition coefficient (Wildman–Crippen LogP) is 5.40. The normalized spacial score (nSPS) is 12.7. The fourth-order valence-corrected chi connectivity index (χ4v) is 2.14. The van der Waals surface area contributed by atoms with Gasteiger partial charge in [-0.3, -0.25) is 0 Å². The Bertz CT molecular complexity index is 493. The average molecular weight is 337 g/mol. The molecule has 0 aliphatic carbocycles. The lowest BCUT2D eigenvalue weighted by molar-refractivity contribution is 0.343. The van der Waals surface area contributed by atoms with Crippen molar-refractivity contribution in [2.24, 2.45) is 0 Å². The first-order valence-corrected chi connectivity index (χ1v) is 7.54. The van der Waals surface area contributed by atoms with Crippen LogP contribution in [-0.2, 0) is 6.54 Å². The standard InChI is InChI=1S/C15H20Cl3NO/c1-10(7-16)9-20-14-11(8-19-15(2,3)4)5-12(17)6-13(14)18/h5-7,19H,8-9H2,1-4H3. The highest BCUT2D eigenvalue weighted by atomic mass is 35.5. The van der Waals surface area contributed by atoms with E-state index in [0.29, 0.717) is 28.9 Å². The minimum Gasteiger partial charge on any atom is -0.487 e. The summed E-state index contributed by atoms with van der Waals surface area (Å²) in [6, 6.07) is 3.54. The van der Waals surface area contributed by atoms with Crippen molar-refractivity contribution in [3.05, 3.63) is 38.8 Å². The SMILES string of the molecule is CC(=CCl)COc1c(Cl)cc(Cl)cc1CNC(C)(C)C. The molecule has 0 heterocycles. The lowest BCUT2D eigenvalue weighted by atomic mass is 10.1. The molecule has 1 N–H and O–H groups in total. The molecule has 0 saturated carbocycles. The van der Waals surface area contributed by atoms with Crippen molar-refractivity contribution in [3.63, 3.8) is 0 Å². The summed E-state index contributed by atoms with van der Waals surface area (Å²) in [5, 5.41) is 4.50. The zero-order chi connectivity index (χ0) is 15.3. The van der Waals surface area contributed by atoms with E-state index >= 15 is 0 Å². The Morgan fingerprint density at radius 1 is 1.30 bits per heavy atom. The largest absolute Gasteiger partial charge is 0.487 e. The molecule has 20 heavy (non-hydrogen) atoms. The van der Waals surface area contributed by atoms with E-state index in [2.05, 4.69) is 26.1 Å². The van der Waals surface area contributed by atoms with Gasteiger partial charge in [0.2, 0.25) is 0 Å². The van der Waals surface area contributed by atoms with Crippen molar-refractivity contribution in [1.29, 1.82) is 0 Å². The van der Waals surface area contributed by atoms with Gasteiger partial charge < -0.3 is 10.1 Å². The Morgan fingerprint density at radius 2 is 1.95 bits per heavy atom. The van der Waals surface area contributed by atoms with Crippen LogP contribution in [0.15, 0.2) is 23.2 Å². The number of benzene rings is 1. The maximum Gasteiger partial charge on any atom is 0.142 e. The maximum absolute atomic E-state index is 6.22. The van der Waals surface area contributed by atoms with Gasteiger partial charge in [-0.25, -0.2) is 0 Å². The molecule has 0 aromatic heterocycles. The number of rotatable bonds is 5. The van der Waals surface area contributed by atoms with Crippen LogP contribution in [0.2, 0.25) is 10.0 Å². The number of halogens is 3. The molecule has 112 valence electrons. The molecule has 1 aromatic carbocycles. The van der Waals surface area contributed by atoms with Gasteiger partial charge in [0.05, 0.1) is 5.02 Å². The summed E-state index contributed by atoms with van der Waals surface area (Å²) in [5.41, 5.74) is 3.35. The van der Waals surface area contributed by atoms with Gasteiger partial charge in [0.1, 0.15) is 12.4 Å². The van der Waals surface area contributed by atoms with Crippen LogP contribution in [0.3, 0.4) is 0 Å². The molecule has 0 unspecified atom stereocenters. The highest BCUT2D eigenvalue weighted by Crippen LogP contribution is 2.33. The van der Waals surface area contributed by atoms with E-state index in [1.165, 1.54) is 5.54 Å². The quantitative estimate of drug-likeness (QED) is 0.777. The van der Waals surface area contributed by atoms with Crippen LogP contribution >= 0.6 is 34.8 Å². The van der Waals surface area contributed by atoms with Gasteiger partial charge >= 0.3 is 0 Å². The molecule has 0 spiro atoms.